The van der Waals surface area contributed by atoms with Crippen LogP contribution in [-0.2, 0) is 0 Å². The predicted molar refractivity (Wildman–Crippen MR) is 128 cm³/mol. The molecule has 0 heterocycles. The van der Waals surface area contributed by atoms with Gasteiger partial charge in [-0.2, -0.15) is 0 Å². The third-order valence-corrected chi connectivity index (χ3v) is 11.1. The first-order valence-electron chi connectivity index (χ1n) is 13.1. The summed E-state index contributed by atoms with van der Waals surface area (Å²) in [6.45, 7) is 17.2. The monoisotopic (exact) mass is 412 g/mol. The Balaban J connectivity index is 1.54. The van der Waals surface area contributed by atoms with Gasteiger partial charge in [0.2, 0.25) is 0 Å². The fraction of sp³-hybridized carbons (Fsp3) is 0.862. The minimum atomic E-state index is -0.0895. The van der Waals surface area contributed by atoms with Gasteiger partial charge in [0.1, 0.15) is 0 Å². The van der Waals surface area contributed by atoms with E-state index in [2.05, 4.69) is 66.7 Å². The Morgan fingerprint density at radius 2 is 1.77 bits per heavy atom. The summed E-state index contributed by atoms with van der Waals surface area (Å²) in [6, 6.07) is 0. The average Bonchev–Trinajstić information content (AvgIpc) is 3.04. The van der Waals surface area contributed by atoms with Crippen molar-refractivity contribution < 1.29 is 5.11 Å². The van der Waals surface area contributed by atoms with E-state index in [-0.39, 0.29) is 11.5 Å². The van der Waals surface area contributed by atoms with Gasteiger partial charge in [0.25, 0.3) is 0 Å². The molecule has 0 aromatic carbocycles. The van der Waals surface area contributed by atoms with E-state index in [4.69, 9.17) is 0 Å². The fourth-order valence-electron chi connectivity index (χ4n) is 8.27. The van der Waals surface area contributed by atoms with Crippen LogP contribution in [0.3, 0.4) is 0 Å². The van der Waals surface area contributed by atoms with Gasteiger partial charge in [-0.15, -0.1) is 0 Å². The van der Waals surface area contributed by atoms with Gasteiger partial charge in [-0.25, -0.2) is 0 Å². The lowest BCUT2D eigenvalue weighted by Crippen LogP contribution is -2.50. The molecular weight excluding hydrogens is 364 g/mol. The van der Waals surface area contributed by atoms with Gasteiger partial charge in [0.15, 0.2) is 0 Å². The Morgan fingerprint density at radius 3 is 2.47 bits per heavy atom. The molecule has 8 atom stereocenters. The zero-order valence-corrected chi connectivity index (χ0v) is 20.9. The number of hydrogen-bond donors (Lipinski definition) is 1. The molecule has 3 saturated carbocycles. The van der Waals surface area contributed by atoms with Gasteiger partial charge < -0.3 is 5.11 Å². The zero-order valence-electron chi connectivity index (χ0n) is 20.9. The SMILES string of the molecule is CC(C)C(C)(C)/C=C/[C@@H](C)[C@H]1CC[C@H]2[C@@H]3CC=C4C[C@@H](O)CC[C@]4(C)[C@H]3CC[C@]12C. The van der Waals surface area contributed by atoms with Crippen LogP contribution in [0.5, 0.6) is 0 Å². The zero-order chi connectivity index (χ0) is 21.9. The Bertz CT molecular complexity index is 699. The van der Waals surface area contributed by atoms with Crippen molar-refractivity contribution in [3.05, 3.63) is 23.8 Å². The first-order valence-corrected chi connectivity index (χ1v) is 13.1. The molecule has 30 heavy (non-hydrogen) atoms. The van der Waals surface area contributed by atoms with Crippen molar-refractivity contribution in [2.75, 3.05) is 0 Å². The van der Waals surface area contributed by atoms with E-state index in [0.717, 1.165) is 36.5 Å². The Kier molecular flexibility index (Phi) is 5.87. The number of aliphatic hydroxyl groups is 1. The van der Waals surface area contributed by atoms with Gasteiger partial charge in [0, 0.05) is 0 Å². The molecular formula is C29H48O. The van der Waals surface area contributed by atoms with E-state index in [1.54, 1.807) is 5.57 Å². The lowest BCUT2D eigenvalue weighted by Gasteiger charge is -2.58. The smallest absolute Gasteiger partial charge is 0.0577 e. The van der Waals surface area contributed by atoms with E-state index in [9.17, 15) is 5.11 Å². The van der Waals surface area contributed by atoms with Crippen LogP contribution in [0.25, 0.3) is 0 Å². The molecule has 4 aliphatic rings. The lowest BCUT2D eigenvalue weighted by atomic mass is 9.47. The molecule has 0 aromatic heterocycles. The minimum absolute atomic E-state index is 0.0895. The van der Waals surface area contributed by atoms with Crippen molar-refractivity contribution in [3.63, 3.8) is 0 Å². The summed E-state index contributed by atoms with van der Waals surface area (Å²) in [4.78, 5) is 0. The predicted octanol–water partition coefficient (Wildman–Crippen LogP) is 7.80. The van der Waals surface area contributed by atoms with E-state index >= 15 is 0 Å². The van der Waals surface area contributed by atoms with Crippen molar-refractivity contribution in [2.45, 2.75) is 106 Å². The van der Waals surface area contributed by atoms with Crippen molar-refractivity contribution in [2.24, 2.45) is 51.8 Å². The van der Waals surface area contributed by atoms with Crippen molar-refractivity contribution >= 4 is 0 Å². The quantitative estimate of drug-likeness (QED) is 0.467. The number of rotatable bonds is 4. The van der Waals surface area contributed by atoms with Gasteiger partial charge in [-0.3, -0.25) is 0 Å². The third kappa shape index (κ3) is 3.56. The van der Waals surface area contributed by atoms with Gasteiger partial charge in [-0.05, 0) is 103 Å². The molecule has 0 aromatic rings. The standard InChI is InChI=1S/C29H48O/c1-19(2)27(4,5)15-12-20(3)24-10-11-25-23-9-8-21-18-22(30)13-16-28(21,6)26(23)14-17-29(24,25)7/h8,12,15,19-20,22-26,30H,9-11,13-14,16-18H2,1-7H3/b15-12+/t20-,22+,23+,24-,25+,26+,28+,29-/m1/s1. The highest BCUT2D eigenvalue weighted by Gasteiger charge is 2.58. The molecule has 0 bridgehead atoms. The molecule has 4 rings (SSSR count). The van der Waals surface area contributed by atoms with Crippen LogP contribution in [-0.4, -0.2) is 11.2 Å². The molecule has 1 heteroatoms. The molecule has 0 radical (unpaired) electrons. The molecule has 4 aliphatic carbocycles. The summed E-state index contributed by atoms with van der Waals surface area (Å²) in [7, 11) is 0. The maximum absolute atomic E-state index is 10.2. The van der Waals surface area contributed by atoms with Gasteiger partial charge in [-0.1, -0.05) is 72.3 Å². The van der Waals surface area contributed by atoms with E-state index in [1.807, 2.05) is 0 Å². The van der Waals surface area contributed by atoms with E-state index < -0.39 is 0 Å². The first-order chi connectivity index (χ1) is 14.0. The number of hydrogen-bond acceptors (Lipinski definition) is 1. The van der Waals surface area contributed by atoms with E-state index in [1.165, 1.54) is 38.5 Å². The van der Waals surface area contributed by atoms with Crippen LogP contribution in [0, 0.1) is 51.8 Å². The van der Waals surface area contributed by atoms with Crippen LogP contribution >= 0.6 is 0 Å². The van der Waals surface area contributed by atoms with Gasteiger partial charge in [0.05, 0.1) is 6.10 Å². The van der Waals surface area contributed by atoms with Crippen LogP contribution in [0.2, 0.25) is 0 Å². The second-order valence-electron chi connectivity index (χ2n) is 13.1. The highest BCUT2D eigenvalue weighted by atomic mass is 16.3. The Labute approximate surface area is 186 Å². The summed E-state index contributed by atoms with van der Waals surface area (Å²) in [5.74, 6) is 4.84. The molecule has 3 fully saturated rings. The van der Waals surface area contributed by atoms with Gasteiger partial charge >= 0.3 is 0 Å². The normalized spacial score (nSPS) is 45.1. The van der Waals surface area contributed by atoms with Crippen molar-refractivity contribution in [1.82, 2.24) is 0 Å². The maximum Gasteiger partial charge on any atom is 0.0577 e. The Hall–Kier alpha value is -0.560. The largest absolute Gasteiger partial charge is 0.393 e. The van der Waals surface area contributed by atoms with Crippen LogP contribution in [0.1, 0.15) is 99.8 Å². The summed E-state index contributed by atoms with van der Waals surface area (Å²) >= 11 is 0. The lowest BCUT2D eigenvalue weighted by molar-refractivity contribution is -0.0541. The molecule has 0 spiro atoms. The van der Waals surface area contributed by atoms with Crippen molar-refractivity contribution in [1.29, 1.82) is 0 Å². The number of allylic oxidation sites excluding steroid dienone is 3. The maximum atomic E-state index is 10.2. The molecule has 0 amide bonds. The molecule has 1 nitrogen and oxygen atoms in total. The molecule has 170 valence electrons. The molecule has 0 aliphatic heterocycles. The summed E-state index contributed by atoms with van der Waals surface area (Å²) < 4.78 is 0. The first kappa shape index (κ1) is 22.6. The number of fused-ring (bicyclic) bond motifs is 5. The molecule has 0 saturated heterocycles. The summed E-state index contributed by atoms with van der Waals surface area (Å²) in [5.41, 5.74) is 2.78. The van der Waals surface area contributed by atoms with Crippen LogP contribution in [0.15, 0.2) is 23.8 Å². The second-order valence-corrected chi connectivity index (χ2v) is 13.1. The topological polar surface area (TPSA) is 20.2 Å². The van der Waals surface area contributed by atoms with Crippen LogP contribution < -0.4 is 0 Å². The third-order valence-electron chi connectivity index (χ3n) is 11.1. The number of aliphatic hydroxyl groups excluding tert-OH is 1. The molecule has 0 unspecified atom stereocenters. The summed E-state index contributed by atoms with van der Waals surface area (Å²) in [6.07, 6.45) is 17.7. The minimum Gasteiger partial charge on any atom is -0.393 e. The van der Waals surface area contributed by atoms with Crippen LogP contribution in [0.4, 0.5) is 0 Å². The molecule has 1 N–H and O–H groups in total. The summed E-state index contributed by atoms with van der Waals surface area (Å²) in [5, 5.41) is 10.2. The highest BCUT2D eigenvalue weighted by molar-refractivity contribution is 5.25. The Morgan fingerprint density at radius 1 is 1.03 bits per heavy atom. The second kappa shape index (κ2) is 7.79. The van der Waals surface area contributed by atoms with E-state index in [0.29, 0.717) is 22.7 Å². The highest BCUT2D eigenvalue weighted by Crippen LogP contribution is 2.67. The fourth-order valence-corrected chi connectivity index (χ4v) is 8.27. The van der Waals surface area contributed by atoms with Crippen molar-refractivity contribution in [3.8, 4) is 0 Å². The average molecular weight is 413 g/mol.